The molecule has 2 aromatic rings. The third-order valence-corrected chi connectivity index (χ3v) is 11.3. The quantitative estimate of drug-likeness (QED) is 0.0481. The van der Waals surface area contributed by atoms with Crippen LogP contribution in [-0.4, -0.2) is 128 Å². The second-order valence-corrected chi connectivity index (χ2v) is 16.8. The molecule has 0 spiro atoms. The van der Waals surface area contributed by atoms with E-state index in [1.54, 1.807) is 0 Å². The summed E-state index contributed by atoms with van der Waals surface area (Å²) in [5, 5.41) is 71.8. The Morgan fingerprint density at radius 1 is 0.859 bits per heavy atom. The van der Waals surface area contributed by atoms with Gasteiger partial charge in [0.15, 0.2) is 5.75 Å². The first kappa shape index (κ1) is 52.5. The molecule has 1 aliphatic rings. The van der Waals surface area contributed by atoms with E-state index in [-0.39, 0.29) is 34.6 Å². The summed E-state index contributed by atoms with van der Waals surface area (Å²) in [6, 6.07) is -1.24. The topological polar surface area (TPSA) is 303 Å². The van der Waals surface area contributed by atoms with E-state index in [9.17, 15) is 64.4 Å². The highest BCUT2D eigenvalue weighted by Gasteiger charge is 2.34. The molecule has 20 nitrogen and oxygen atoms in total. The highest BCUT2D eigenvalue weighted by Crippen LogP contribution is 2.41. The van der Waals surface area contributed by atoms with Crippen molar-refractivity contribution in [2.75, 3.05) is 27.2 Å². The summed E-state index contributed by atoms with van der Waals surface area (Å²) in [7, 11) is 2.60. The van der Waals surface area contributed by atoms with Gasteiger partial charge in [-0.05, 0) is 55.5 Å². The van der Waals surface area contributed by atoms with E-state index >= 15 is 0 Å². The number of carbonyl (C=O) groups is 7. The summed E-state index contributed by atoms with van der Waals surface area (Å²) in [5.74, 6) is -6.76. The summed E-state index contributed by atoms with van der Waals surface area (Å²) in [5.41, 5.74) is -1.01. The average molecular weight is 900 g/mol. The number of hydrogen-bond donors (Lipinski definition) is 10. The fourth-order valence-corrected chi connectivity index (χ4v) is 7.34. The van der Waals surface area contributed by atoms with Crippen molar-refractivity contribution in [3.63, 3.8) is 0 Å². The van der Waals surface area contributed by atoms with Gasteiger partial charge in [0, 0.05) is 44.1 Å². The van der Waals surface area contributed by atoms with Crippen molar-refractivity contribution in [1.29, 1.82) is 0 Å². The summed E-state index contributed by atoms with van der Waals surface area (Å²) in [4.78, 5) is 94.1. The molecule has 20 heteroatoms. The molecule has 3 rings (SSSR count). The van der Waals surface area contributed by atoms with Crippen LogP contribution in [0.1, 0.15) is 109 Å². The molecule has 0 aromatic heterocycles. The summed E-state index contributed by atoms with van der Waals surface area (Å²) in [6.45, 7) is 5.61. The van der Waals surface area contributed by atoms with E-state index in [4.69, 9.17) is 0 Å². The zero-order valence-corrected chi connectivity index (χ0v) is 37.4. The van der Waals surface area contributed by atoms with Gasteiger partial charge in [0.25, 0.3) is 0 Å². The molecule has 1 aliphatic heterocycles. The lowest BCUT2D eigenvalue weighted by Crippen LogP contribution is -2.99. The number of carbonyl (C=O) groups excluding carboxylic acids is 6. The molecule has 0 saturated carbocycles. The standard InChI is InChI=1S/C44H65N7O13/c1-25(2)15-13-11-9-7-8-10-12-14-16-36(54)49(5)34(24-52)42(59)46-26(3)40(57)45-23-37(55)50(6)38-29-17-18-35(53)30(22-29)31-19-28(21-33(39(31)56)51(63)64)20-32(44(61)62)48-41(58)27(4)47-43(38)60/h17-19,21-22,25-27,32,34,38,51-53,56,63H,7-16,20,23-24H2,1-6H3,(H,45,57)(H,46,59)(H,47,60)(H,48,58)(H,61,62)/t26-,27+,32+,34-,38+/m1/s1. The predicted molar refractivity (Wildman–Crippen MR) is 233 cm³/mol. The minimum Gasteiger partial charge on any atom is -0.595 e. The van der Waals surface area contributed by atoms with Crippen molar-refractivity contribution in [2.24, 2.45) is 5.92 Å². The SMILES string of the molecule is CC(C)CCCCCCCCCCC(=O)N(C)[C@H](CO)C(=O)N[C@H](C)C(=O)NCC(=O)N(C)[C@@H]1C(=O)N[C@@H](C)C(=O)N[C@H](C(=O)O)Cc2cc(c(O)c([NH+]([O-])O)c2)-c2cc1ccc2O. The third kappa shape index (κ3) is 14.9. The summed E-state index contributed by atoms with van der Waals surface area (Å²) in [6.07, 6.45) is 9.34. The van der Waals surface area contributed by atoms with Gasteiger partial charge in [-0.1, -0.05) is 71.3 Å². The first-order chi connectivity index (χ1) is 30.2. The maximum atomic E-state index is 13.9. The van der Waals surface area contributed by atoms with Crippen molar-refractivity contribution in [3.05, 3.63) is 46.7 Å². The predicted octanol–water partition coefficient (Wildman–Crippen LogP) is 1.30. The lowest BCUT2D eigenvalue weighted by Gasteiger charge is -2.30. The van der Waals surface area contributed by atoms with Gasteiger partial charge in [-0.3, -0.25) is 28.8 Å². The molecule has 0 aliphatic carbocycles. The number of carboxylic acids is 1. The number of unbranched alkanes of at least 4 members (excludes halogenated alkanes) is 7. The molecule has 0 radical (unpaired) electrons. The Kier molecular flexibility index (Phi) is 20.4. The number of nitrogens with zero attached hydrogens (tertiary/aromatic N) is 2. The van der Waals surface area contributed by atoms with Crippen LogP contribution < -0.4 is 26.5 Å². The monoisotopic (exact) mass is 899 g/mol. The fourth-order valence-electron chi connectivity index (χ4n) is 7.34. The zero-order chi connectivity index (χ0) is 47.8. The Labute approximate surface area is 372 Å². The van der Waals surface area contributed by atoms with Gasteiger partial charge < -0.3 is 56.7 Å². The van der Waals surface area contributed by atoms with E-state index in [0.29, 0.717) is 12.3 Å². The lowest BCUT2D eigenvalue weighted by atomic mass is 9.93. The van der Waals surface area contributed by atoms with Crippen molar-refractivity contribution in [3.8, 4) is 22.6 Å². The van der Waals surface area contributed by atoms with E-state index in [1.807, 2.05) is 0 Å². The van der Waals surface area contributed by atoms with Crippen LogP contribution in [-0.2, 0) is 40.0 Å². The van der Waals surface area contributed by atoms with E-state index in [1.165, 1.54) is 71.8 Å². The van der Waals surface area contributed by atoms with Crippen LogP contribution in [0.3, 0.4) is 0 Å². The number of hydrogen-bond acceptors (Lipinski definition) is 12. The Balaban J connectivity index is 1.72. The number of quaternary nitrogens is 1. The third-order valence-electron chi connectivity index (χ3n) is 11.3. The minimum atomic E-state index is -1.62. The first-order valence-electron chi connectivity index (χ1n) is 21.6. The molecule has 6 amide bonds. The number of aliphatic hydroxyl groups is 1. The number of fused-ring (bicyclic) bond motifs is 5. The molecule has 2 aromatic carbocycles. The molecule has 1 heterocycles. The van der Waals surface area contributed by atoms with Crippen LogP contribution in [0.4, 0.5) is 5.69 Å². The molecule has 354 valence electrons. The molecular weight excluding hydrogens is 835 g/mol. The Morgan fingerprint density at radius 3 is 2.08 bits per heavy atom. The number of aromatic hydroxyl groups is 2. The van der Waals surface area contributed by atoms with Gasteiger partial charge in [0.05, 0.1) is 13.2 Å². The molecule has 6 atom stereocenters. The number of phenolic OH excluding ortho intramolecular Hbond substituents is 2. The number of aliphatic carboxylic acids is 1. The van der Waals surface area contributed by atoms with E-state index < -0.39 is 108 Å². The lowest BCUT2D eigenvalue weighted by molar-refractivity contribution is -0.991. The number of rotatable bonds is 21. The maximum absolute atomic E-state index is 13.9. The Bertz CT molecular complexity index is 1980. The van der Waals surface area contributed by atoms with Crippen LogP contribution >= 0.6 is 0 Å². The number of nitrogens with one attached hydrogen (secondary N) is 5. The van der Waals surface area contributed by atoms with Gasteiger partial charge in [-0.2, -0.15) is 5.23 Å². The number of likely N-dealkylation sites (N-methyl/N-ethyl adjacent to an activating group) is 2. The molecule has 1 unspecified atom stereocenters. The van der Waals surface area contributed by atoms with Gasteiger partial charge in [0.1, 0.15) is 36.0 Å². The first-order valence-corrected chi connectivity index (χ1v) is 21.6. The molecule has 10 N–H and O–H groups in total. The molecule has 4 bridgehead atoms. The number of benzene rings is 2. The second kappa shape index (κ2) is 24.9. The van der Waals surface area contributed by atoms with Crippen molar-refractivity contribution >= 4 is 47.1 Å². The minimum absolute atomic E-state index is 0.0134. The molecule has 0 saturated heterocycles. The van der Waals surface area contributed by atoms with Crippen LogP contribution in [0.25, 0.3) is 11.1 Å². The summed E-state index contributed by atoms with van der Waals surface area (Å²) < 4.78 is 0. The van der Waals surface area contributed by atoms with Gasteiger partial charge >= 0.3 is 5.97 Å². The number of carboxylic acid groups (broad SMARTS) is 1. The van der Waals surface area contributed by atoms with Crippen molar-refractivity contribution in [2.45, 2.75) is 129 Å². The van der Waals surface area contributed by atoms with Crippen LogP contribution in [0.5, 0.6) is 11.5 Å². The average Bonchev–Trinajstić information content (AvgIpc) is 3.23. The summed E-state index contributed by atoms with van der Waals surface area (Å²) >= 11 is 0. The van der Waals surface area contributed by atoms with E-state index in [2.05, 4.69) is 35.1 Å². The van der Waals surface area contributed by atoms with Crippen LogP contribution in [0.15, 0.2) is 30.3 Å². The van der Waals surface area contributed by atoms with Crippen molar-refractivity contribution < 1.29 is 64.4 Å². The van der Waals surface area contributed by atoms with Gasteiger partial charge in [-0.15, -0.1) is 0 Å². The smallest absolute Gasteiger partial charge is 0.326 e. The Hall–Kier alpha value is -5.83. The fraction of sp³-hybridized carbons (Fsp3) is 0.568. The largest absolute Gasteiger partial charge is 0.595 e. The van der Waals surface area contributed by atoms with Gasteiger partial charge in [-0.25, -0.2) is 10.0 Å². The molecular formula is C44H65N7O13. The van der Waals surface area contributed by atoms with Crippen molar-refractivity contribution in [1.82, 2.24) is 31.1 Å². The number of phenols is 2. The maximum Gasteiger partial charge on any atom is 0.326 e. The van der Waals surface area contributed by atoms with E-state index in [0.717, 1.165) is 47.6 Å². The zero-order valence-electron chi connectivity index (χ0n) is 37.4. The van der Waals surface area contributed by atoms with Gasteiger partial charge in [0.2, 0.25) is 41.1 Å². The number of aliphatic hydroxyl groups excluding tert-OH is 1. The van der Waals surface area contributed by atoms with Crippen LogP contribution in [0.2, 0.25) is 0 Å². The normalized spacial score (nSPS) is 17.8. The molecule has 0 fully saturated rings. The van der Waals surface area contributed by atoms with Crippen LogP contribution in [0, 0.1) is 11.1 Å². The molecule has 64 heavy (non-hydrogen) atoms. The highest BCUT2D eigenvalue weighted by molar-refractivity contribution is 5.96. The highest BCUT2D eigenvalue weighted by atomic mass is 16.8. The Morgan fingerprint density at radius 2 is 1.48 bits per heavy atom. The number of amides is 6. The second-order valence-electron chi connectivity index (χ2n) is 16.8.